The van der Waals surface area contributed by atoms with Gasteiger partial charge in [0.2, 0.25) is 17.7 Å². The molecule has 2 fully saturated rings. The zero-order valence-corrected chi connectivity index (χ0v) is 13.9. The number of carbonyl (C=O) groups is 1. The van der Waals surface area contributed by atoms with Crippen LogP contribution in [0.15, 0.2) is 34.7 Å². The number of hydrogen-bond acceptors (Lipinski definition) is 5. The zero-order valence-electron chi connectivity index (χ0n) is 13.9. The number of piperidine rings is 1. The van der Waals surface area contributed by atoms with Gasteiger partial charge in [-0.3, -0.25) is 9.69 Å². The maximum absolute atomic E-state index is 12.6. The Bertz CT molecular complexity index is 730. The molecule has 0 unspecified atom stereocenters. The molecule has 1 aromatic heterocycles. The van der Waals surface area contributed by atoms with Crippen molar-refractivity contribution in [3.63, 3.8) is 0 Å². The summed E-state index contributed by atoms with van der Waals surface area (Å²) in [7, 11) is 1.91. The molecule has 0 radical (unpaired) electrons. The fourth-order valence-electron chi connectivity index (χ4n) is 3.95. The first-order chi connectivity index (χ1) is 11.7. The van der Waals surface area contributed by atoms with Gasteiger partial charge in [0.15, 0.2) is 0 Å². The van der Waals surface area contributed by atoms with E-state index in [1.807, 2.05) is 42.3 Å². The highest BCUT2D eigenvalue weighted by molar-refractivity contribution is 5.83. The number of hydrogen-bond donors (Lipinski definition) is 0. The van der Waals surface area contributed by atoms with Gasteiger partial charge in [0.05, 0.1) is 12.0 Å². The predicted octanol–water partition coefficient (Wildman–Crippen LogP) is 2.18. The third kappa shape index (κ3) is 2.71. The number of nitrogens with zero attached hydrogens (tertiary/aromatic N) is 4. The molecule has 2 aliphatic heterocycles. The van der Waals surface area contributed by atoms with E-state index in [4.69, 9.17) is 4.42 Å². The van der Waals surface area contributed by atoms with Gasteiger partial charge in [0, 0.05) is 25.7 Å². The van der Waals surface area contributed by atoms with E-state index in [2.05, 4.69) is 15.1 Å². The van der Waals surface area contributed by atoms with Crippen molar-refractivity contribution in [1.29, 1.82) is 0 Å². The summed E-state index contributed by atoms with van der Waals surface area (Å²) in [6, 6.07) is 9.78. The van der Waals surface area contributed by atoms with Crippen molar-refractivity contribution < 1.29 is 9.21 Å². The van der Waals surface area contributed by atoms with Crippen molar-refractivity contribution in [1.82, 2.24) is 20.0 Å². The summed E-state index contributed by atoms with van der Waals surface area (Å²) in [5, 5.41) is 8.31. The Kier molecular flexibility index (Phi) is 3.84. The van der Waals surface area contributed by atoms with Crippen LogP contribution in [0, 0.1) is 5.41 Å². The van der Waals surface area contributed by atoms with Crippen LogP contribution in [0.2, 0.25) is 0 Å². The van der Waals surface area contributed by atoms with Gasteiger partial charge in [0.25, 0.3) is 0 Å². The molecule has 24 heavy (non-hydrogen) atoms. The fourth-order valence-corrected chi connectivity index (χ4v) is 3.95. The molecule has 0 N–H and O–H groups in total. The molecule has 3 heterocycles. The molecule has 2 aliphatic rings. The van der Waals surface area contributed by atoms with Crippen molar-refractivity contribution in [3.8, 4) is 11.5 Å². The Balaban J connectivity index is 1.44. The maximum Gasteiger partial charge on any atom is 0.247 e. The molecular weight excluding hydrogens is 304 g/mol. The summed E-state index contributed by atoms with van der Waals surface area (Å²) in [6.45, 7) is 3.19. The topological polar surface area (TPSA) is 62.5 Å². The second-order valence-electron chi connectivity index (χ2n) is 6.94. The lowest BCUT2D eigenvalue weighted by Crippen LogP contribution is -2.48. The van der Waals surface area contributed by atoms with E-state index in [1.165, 1.54) is 0 Å². The molecule has 1 spiro atoms. The minimum absolute atomic E-state index is 0.199. The van der Waals surface area contributed by atoms with Crippen molar-refractivity contribution in [2.24, 2.45) is 5.41 Å². The summed E-state index contributed by atoms with van der Waals surface area (Å²) in [5.41, 5.74) is 0.730. The average molecular weight is 326 g/mol. The molecule has 1 amide bonds. The van der Waals surface area contributed by atoms with E-state index >= 15 is 0 Å². The zero-order chi connectivity index (χ0) is 16.6. The SMILES string of the molecule is CN1CCC[C@@]2(CCN(Cc3nnc(-c4ccccc4)o3)C2)C1=O. The molecule has 1 aromatic carbocycles. The molecule has 6 nitrogen and oxygen atoms in total. The molecule has 1 atom stereocenters. The van der Waals surface area contributed by atoms with Crippen molar-refractivity contribution in [2.75, 3.05) is 26.7 Å². The molecule has 6 heteroatoms. The molecule has 2 saturated heterocycles. The van der Waals surface area contributed by atoms with Gasteiger partial charge in [-0.05, 0) is 37.9 Å². The molecule has 126 valence electrons. The van der Waals surface area contributed by atoms with E-state index in [-0.39, 0.29) is 5.41 Å². The van der Waals surface area contributed by atoms with Gasteiger partial charge in [0.1, 0.15) is 0 Å². The molecule has 2 aromatic rings. The molecule has 0 bridgehead atoms. The Morgan fingerprint density at radius 3 is 2.83 bits per heavy atom. The van der Waals surface area contributed by atoms with Crippen LogP contribution in [0.5, 0.6) is 0 Å². The second-order valence-corrected chi connectivity index (χ2v) is 6.94. The van der Waals surface area contributed by atoms with Crippen LogP contribution >= 0.6 is 0 Å². The third-order valence-electron chi connectivity index (χ3n) is 5.23. The van der Waals surface area contributed by atoms with Crippen LogP contribution in [-0.2, 0) is 11.3 Å². The predicted molar refractivity (Wildman–Crippen MR) is 88.9 cm³/mol. The van der Waals surface area contributed by atoms with E-state index < -0.39 is 0 Å². The quantitative estimate of drug-likeness (QED) is 0.865. The van der Waals surface area contributed by atoms with Crippen LogP contribution in [-0.4, -0.2) is 52.6 Å². The van der Waals surface area contributed by atoms with Gasteiger partial charge < -0.3 is 9.32 Å². The van der Waals surface area contributed by atoms with Crippen LogP contribution in [0.3, 0.4) is 0 Å². The number of benzene rings is 1. The minimum atomic E-state index is -0.199. The van der Waals surface area contributed by atoms with Crippen LogP contribution in [0.1, 0.15) is 25.2 Å². The monoisotopic (exact) mass is 326 g/mol. The number of amides is 1. The normalized spacial score (nSPS) is 24.9. The first kappa shape index (κ1) is 15.3. The number of carbonyl (C=O) groups excluding carboxylic acids is 1. The third-order valence-corrected chi connectivity index (χ3v) is 5.23. The fraction of sp³-hybridized carbons (Fsp3) is 0.500. The van der Waals surface area contributed by atoms with E-state index in [0.29, 0.717) is 24.2 Å². The average Bonchev–Trinajstić information content (AvgIpc) is 3.22. The van der Waals surface area contributed by atoms with Gasteiger partial charge in [-0.1, -0.05) is 18.2 Å². The minimum Gasteiger partial charge on any atom is -0.419 e. The van der Waals surface area contributed by atoms with E-state index in [1.54, 1.807) is 0 Å². The van der Waals surface area contributed by atoms with E-state index in [0.717, 1.165) is 44.5 Å². The lowest BCUT2D eigenvalue weighted by Gasteiger charge is -2.37. The molecule has 0 saturated carbocycles. The van der Waals surface area contributed by atoms with Crippen molar-refractivity contribution in [2.45, 2.75) is 25.8 Å². The molecule has 4 rings (SSSR count). The van der Waals surface area contributed by atoms with Gasteiger partial charge in [-0.2, -0.15) is 0 Å². The number of rotatable bonds is 3. The van der Waals surface area contributed by atoms with Crippen LogP contribution in [0.25, 0.3) is 11.5 Å². The first-order valence-corrected chi connectivity index (χ1v) is 8.52. The van der Waals surface area contributed by atoms with Crippen LogP contribution < -0.4 is 0 Å². The summed E-state index contributed by atoms with van der Waals surface area (Å²) >= 11 is 0. The van der Waals surface area contributed by atoms with E-state index in [9.17, 15) is 4.79 Å². The summed E-state index contributed by atoms with van der Waals surface area (Å²) < 4.78 is 5.80. The van der Waals surface area contributed by atoms with Crippen molar-refractivity contribution >= 4 is 5.91 Å². The maximum atomic E-state index is 12.6. The Morgan fingerprint density at radius 2 is 2.00 bits per heavy atom. The number of aromatic nitrogens is 2. The van der Waals surface area contributed by atoms with Gasteiger partial charge >= 0.3 is 0 Å². The summed E-state index contributed by atoms with van der Waals surface area (Å²) in [4.78, 5) is 16.7. The number of likely N-dealkylation sites (tertiary alicyclic amines) is 2. The smallest absolute Gasteiger partial charge is 0.247 e. The summed E-state index contributed by atoms with van der Waals surface area (Å²) in [6.07, 6.45) is 3.01. The Hall–Kier alpha value is -2.21. The largest absolute Gasteiger partial charge is 0.419 e. The molecular formula is C18H22N4O2. The van der Waals surface area contributed by atoms with Gasteiger partial charge in [-0.25, -0.2) is 0 Å². The lowest BCUT2D eigenvalue weighted by atomic mass is 9.78. The standard InChI is InChI=1S/C18H22N4O2/c1-21-10-5-8-18(17(21)23)9-11-22(13-18)12-15-19-20-16(24-15)14-6-3-2-4-7-14/h2-4,6-7H,5,8-13H2,1H3/t18-/m0/s1. The highest BCUT2D eigenvalue weighted by Gasteiger charge is 2.47. The van der Waals surface area contributed by atoms with Crippen molar-refractivity contribution in [3.05, 3.63) is 36.2 Å². The Labute approximate surface area is 141 Å². The Morgan fingerprint density at radius 1 is 1.17 bits per heavy atom. The second kappa shape index (κ2) is 6.02. The lowest BCUT2D eigenvalue weighted by molar-refractivity contribution is -0.144. The first-order valence-electron chi connectivity index (χ1n) is 8.52. The molecule has 0 aliphatic carbocycles. The van der Waals surface area contributed by atoms with Gasteiger partial charge in [-0.15, -0.1) is 10.2 Å². The summed E-state index contributed by atoms with van der Waals surface area (Å²) in [5.74, 6) is 1.46. The highest BCUT2D eigenvalue weighted by Crippen LogP contribution is 2.40. The highest BCUT2D eigenvalue weighted by atomic mass is 16.4. The van der Waals surface area contributed by atoms with Crippen LogP contribution in [0.4, 0.5) is 0 Å².